The van der Waals surface area contributed by atoms with Crippen LogP contribution >= 0.6 is 0 Å². The van der Waals surface area contributed by atoms with Gasteiger partial charge in [0.05, 0.1) is 5.69 Å². The van der Waals surface area contributed by atoms with Gasteiger partial charge in [-0.25, -0.2) is 9.97 Å². The van der Waals surface area contributed by atoms with E-state index in [1.54, 1.807) is 6.20 Å². The average Bonchev–Trinajstić information content (AvgIpc) is 2.86. The molecule has 1 saturated carbocycles. The fraction of sp³-hybridized carbons (Fsp3) is 0.455. The Kier molecular flexibility index (Phi) is 1.76. The third-order valence-electron chi connectivity index (χ3n) is 3.03. The van der Waals surface area contributed by atoms with E-state index in [9.17, 15) is 0 Å². The van der Waals surface area contributed by atoms with E-state index in [4.69, 9.17) is 0 Å². The molecule has 2 heterocycles. The molecule has 1 fully saturated rings. The number of aromatic nitrogens is 3. The molecule has 0 radical (unpaired) electrons. The second kappa shape index (κ2) is 3.08. The van der Waals surface area contributed by atoms with Crippen molar-refractivity contribution < 1.29 is 0 Å². The van der Waals surface area contributed by atoms with Gasteiger partial charge in [0, 0.05) is 24.5 Å². The van der Waals surface area contributed by atoms with Crippen LogP contribution in [0, 0.1) is 0 Å². The molecule has 2 aromatic rings. The summed E-state index contributed by atoms with van der Waals surface area (Å²) in [7, 11) is 0. The summed E-state index contributed by atoms with van der Waals surface area (Å²) in [5.74, 6) is 1.51. The molecule has 1 aliphatic rings. The number of nitrogens with zero attached hydrogens (tertiary/aromatic N) is 3. The van der Waals surface area contributed by atoms with Crippen molar-refractivity contribution in [3.8, 4) is 0 Å². The zero-order chi connectivity index (χ0) is 9.38. The van der Waals surface area contributed by atoms with Gasteiger partial charge in [0.1, 0.15) is 0 Å². The van der Waals surface area contributed by atoms with E-state index in [0.717, 1.165) is 5.78 Å². The Bertz CT molecular complexity index is 407. The second-order valence-corrected chi connectivity index (χ2v) is 3.97. The minimum absolute atomic E-state index is 0.677. The molecule has 72 valence electrons. The quantitative estimate of drug-likeness (QED) is 0.686. The first-order valence-electron chi connectivity index (χ1n) is 5.23. The highest BCUT2D eigenvalue weighted by atomic mass is 15.1. The first-order chi connectivity index (χ1) is 6.93. The average molecular weight is 187 g/mol. The van der Waals surface area contributed by atoms with Crippen molar-refractivity contribution in [2.24, 2.45) is 0 Å². The number of imidazole rings is 1. The number of fused-ring (bicyclic) bond motifs is 1. The lowest BCUT2D eigenvalue weighted by Gasteiger charge is -2.01. The lowest BCUT2D eigenvalue weighted by Crippen LogP contribution is -1.91. The van der Waals surface area contributed by atoms with Crippen LogP contribution in [0.5, 0.6) is 0 Å². The topological polar surface area (TPSA) is 30.2 Å². The van der Waals surface area contributed by atoms with Crippen molar-refractivity contribution in [1.29, 1.82) is 0 Å². The van der Waals surface area contributed by atoms with E-state index in [1.165, 1.54) is 31.4 Å². The van der Waals surface area contributed by atoms with Crippen LogP contribution in [0.15, 0.2) is 24.7 Å². The van der Waals surface area contributed by atoms with Crippen molar-refractivity contribution in [2.45, 2.75) is 31.6 Å². The van der Waals surface area contributed by atoms with E-state index in [-0.39, 0.29) is 0 Å². The van der Waals surface area contributed by atoms with Gasteiger partial charge in [-0.15, -0.1) is 0 Å². The van der Waals surface area contributed by atoms with Crippen molar-refractivity contribution in [3.63, 3.8) is 0 Å². The Hall–Kier alpha value is -1.38. The Morgan fingerprint density at radius 2 is 2.14 bits per heavy atom. The number of rotatable bonds is 1. The molecule has 0 bridgehead atoms. The van der Waals surface area contributed by atoms with E-state index in [0.29, 0.717) is 5.92 Å². The van der Waals surface area contributed by atoms with Gasteiger partial charge < -0.3 is 0 Å². The maximum atomic E-state index is 4.55. The van der Waals surface area contributed by atoms with Gasteiger partial charge >= 0.3 is 0 Å². The van der Waals surface area contributed by atoms with Crippen LogP contribution in [0.3, 0.4) is 0 Å². The summed E-state index contributed by atoms with van der Waals surface area (Å²) in [5, 5.41) is 0. The van der Waals surface area contributed by atoms with E-state index < -0.39 is 0 Å². The summed E-state index contributed by atoms with van der Waals surface area (Å²) in [6.45, 7) is 0. The molecule has 0 amide bonds. The highest BCUT2D eigenvalue weighted by Crippen LogP contribution is 2.33. The molecule has 0 aliphatic heterocycles. The van der Waals surface area contributed by atoms with Crippen LogP contribution in [0.25, 0.3) is 5.78 Å². The lowest BCUT2D eigenvalue weighted by atomic mass is 10.1. The van der Waals surface area contributed by atoms with Crippen molar-refractivity contribution in [3.05, 3.63) is 30.4 Å². The Labute approximate surface area is 82.8 Å². The first-order valence-corrected chi connectivity index (χ1v) is 5.23. The van der Waals surface area contributed by atoms with Crippen LogP contribution in [0.1, 0.15) is 37.3 Å². The first kappa shape index (κ1) is 7.97. The summed E-state index contributed by atoms with van der Waals surface area (Å²) < 4.78 is 2.01. The molecule has 0 spiro atoms. The molecule has 14 heavy (non-hydrogen) atoms. The Balaban J connectivity index is 2.05. The van der Waals surface area contributed by atoms with Gasteiger partial charge in [-0.05, 0) is 18.9 Å². The molecule has 0 aromatic carbocycles. The molecule has 0 N–H and O–H groups in total. The zero-order valence-electron chi connectivity index (χ0n) is 8.06. The van der Waals surface area contributed by atoms with Crippen LogP contribution in [0.2, 0.25) is 0 Å². The van der Waals surface area contributed by atoms with Gasteiger partial charge in [-0.2, -0.15) is 0 Å². The number of hydrogen-bond donors (Lipinski definition) is 0. The molecule has 0 saturated heterocycles. The Morgan fingerprint density at radius 3 is 2.93 bits per heavy atom. The minimum Gasteiger partial charge on any atom is -0.291 e. The second-order valence-electron chi connectivity index (χ2n) is 3.97. The SMILES string of the molecule is c1cnc2nc(C3CCCC3)cn2c1. The molecule has 3 rings (SSSR count). The summed E-state index contributed by atoms with van der Waals surface area (Å²) in [4.78, 5) is 8.77. The fourth-order valence-electron chi connectivity index (χ4n) is 2.27. The number of hydrogen-bond acceptors (Lipinski definition) is 2. The molecule has 2 aromatic heterocycles. The van der Waals surface area contributed by atoms with Gasteiger partial charge in [0.25, 0.3) is 0 Å². The van der Waals surface area contributed by atoms with Crippen LogP contribution in [-0.4, -0.2) is 14.4 Å². The monoisotopic (exact) mass is 187 g/mol. The summed E-state index contributed by atoms with van der Waals surface area (Å²) >= 11 is 0. The Morgan fingerprint density at radius 1 is 1.29 bits per heavy atom. The van der Waals surface area contributed by atoms with Gasteiger partial charge in [-0.1, -0.05) is 12.8 Å². The van der Waals surface area contributed by atoms with Gasteiger partial charge in [0.2, 0.25) is 5.78 Å². The summed E-state index contributed by atoms with van der Waals surface area (Å²) in [6.07, 6.45) is 11.2. The summed E-state index contributed by atoms with van der Waals surface area (Å²) in [5.41, 5.74) is 1.22. The maximum Gasteiger partial charge on any atom is 0.233 e. The molecule has 1 aliphatic carbocycles. The predicted molar refractivity (Wildman–Crippen MR) is 54.2 cm³/mol. The van der Waals surface area contributed by atoms with Crippen LogP contribution < -0.4 is 0 Å². The van der Waals surface area contributed by atoms with E-state index >= 15 is 0 Å². The minimum atomic E-state index is 0.677. The highest BCUT2D eigenvalue weighted by molar-refractivity contribution is 5.31. The standard InChI is InChI=1S/C11H13N3/c1-2-5-9(4-1)10-8-14-7-3-6-12-11(14)13-10/h3,6-9H,1-2,4-5H2. The molecule has 3 nitrogen and oxygen atoms in total. The fourth-order valence-corrected chi connectivity index (χ4v) is 2.27. The van der Waals surface area contributed by atoms with Gasteiger partial charge in [0.15, 0.2) is 0 Å². The van der Waals surface area contributed by atoms with Crippen LogP contribution in [0.4, 0.5) is 0 Å². The third kappa shape index (κ3) is 1.20. The van der Waals surface area contributed by atoms with Crippen LogP contribution in [-0.2, 0) is 0 Å². The van der Waals surface area contributed by atoms with Gasteiger partial charge in [-0.3, -0.25) is 4.40 Å². The smallest absolute Gasteiger partial charge is 0.233 e. The van der Waals surface area contributed by atoms with Crippen molar-refractivity contribution in [1.82, 2.24) is 14.4 Å². The van der Waals surface area contributed by atoms with E-state index in [2.05, 4.69) is 16.2 Å². The highest BCUT2D eigenvalue weighted by Gasteiger charge is 2.19. The predicted octanol–water partition coefficient (Wildman–Crippen LogP) is 2.39. The molecular formula is C11H13N3. The zero-order valence-corrected chi connectivity index (χ0v) is 8.06. The van der Waals surface area contributed by atoms with Crippen molar-refractivity contribution >= 4 is 5.78 Å². The summed E-state index contributed by atoms with van der Waals surface area (Å²) in [6, 6.07) is 1.94. The molecule has 3 heteroatoms. The normalized spacial score (nSPS) is 18.0. The molecule has 0 unspecified atom stereocenters. The lowest BCUT2D eigenvalue weighted by molar-refractivity contribution is 0.703. The maximum absolute atomic E-state index is 4.55. The third-order valence-corrected chi connectivity index (χ3v) is 3.03. The molecule has 0 atom stereocenters. The van der Waals surface area contributed by atoms with E-state index in [1.807, 2.05) is 16.7 Å². The van der Waals surface area contributed by atoms with Crippen molar-refractivity contribution in [2.75, 3.05) is 0 Å². The molecular weight excluding hydrogens is 174 g/mol. The largest absolute Gasteiger partial charge is 0.291 e.